The summed E-state index contributed by atoms with van der Waals surface area (Å²) in [6.45, 7) is 5.50. The van der Waals surface area contributed by atoms with Crippen LogP contribution < -0.4 is 10.6 Å². The lowest BCUT2D eigenvalue weighted by atomic mass is 9.94. The van der Waals surface area contributed by atoms with E-state index in [0.717, 1.165) is 51.4 Å². The topological polar surface area (TPSA) is 65.6 Å². The van der Waals surface area contributed by atoms with E-state index in [4.69, 9.17) is 15.8 Å². The number of pyridine rings is 1. The van der Waals surface area contributed by atoms with Crippen LogP contribution >= 0.6 is 0 Å². The quantitative estimate of drug-likeness (QED) is 0.847. The maximum absolute atomic E-state index is 9.03. The van der Waals surface area contributed by atoms with Gasteiger partial charge in [0, 0.05) is 50.5 Å². The van der Waals surface area contributed by atoms with Gasteiger partial charge in [0.1, 0.15) is 5.82 Å². The summed E-state index contributed by atoms with van der Waals surface area (Å²) in [7, 11) is 0. The molecule has 21 heavy (non-hydrogen) atoms. The molecule has 1 aliphatic heterocycles. The summed E-state index contributed by atoms with van der Waals surface area (Å²) in [5.74, 6) is 1.10. The van der Waals surface area contributed by atoms with Gasteiger partial charge in [-0.25, -0.2) is 4.98 Å². The third-order valence-corrected chi connectivity index (χ3v) is 4.66. The van der Waals surface area contributed by atoms with Gasteiger partial charge in [-0.3, -0.25) is 4.90 Å². The van der Waals surface area contributed by atoms with Crippen molar-refractivity contribution in [1.29, 1.82) is 0 Å². The van der Waals surface area contributed by atoms with Crippen molar-refractivity contribution in [3.63, 3.8) is 0 Å². The van der Waals surface area contributed by atoms with Crippen LogP contribution in [0.2, 0.25) is 0 Å². The second-order valence-electron chi connectivity index (χ2n) is 6.04. The number of hydrogen-bond acceptors (Lipinski definition) is 5. The Labute approximate surface area is 126 Å². The number of anilines is 1. The zero-order chi connectivity index (χ0) is 14.7. The standard InChI is InChI=1S/C16H26N4O/c17-12-14-11-13-3-1-2-4-15(13)18-16(14)20-7-5-19(6-8-20)9-10-21/h11,21H,1-10,12,17H2. The molecule has 5 heteroatoms. The Morgan fingerprint density at radius 3 is 2.62 bits per heavy atom. The lowest BCUT2D eigenvalue weighted by Crippen LogP contribution is -2.48. The normalized spacial score (nSPS) is 19.6. The van der Waals surface area contributed by atoms with Crippen LogP contribution in [-0.4, -0.2) is 54.3 Å². The van der Waals surface area contributed by atoms with Crippen molar-refractivity contribution in [3.05, 3.63) is 22.9 Å². The Bertz CT molecular complexity index is 483. The number of aliphatic hydroxyl groups is 1. The summed E-state index contributed by atoms with van der Waals surface area (Å²) < 4.78 is 0. The van der Waals surface area contributed by atoms with Gasteiger partial charge >= 0.3 is 0 Å². The molecule has 0 saturated carbocycles. The molecule has 0 unspecified atom stereocenters. The molecule has 0 bridgehead atoms. The number of fused-ring (bicyclic) bond motifs is 1. The largest absolute Gasteiger partial charge is 0.395 e. The zero-order valence-corrected chi connectivity index (χ0v) is 12.7. The van der Waals surface area contributed by atoms with Crippen molar-refractivity contribution in [2.75, 3.05) is 44.2 Å². The van der Waals surface area contributed by atoms with Crippen molar-refractivity contribution >= 4 is 5.82 Å². The van der Waals surface area contributed by atoms with Crippen molar-refractivity contribution in [2.45, 2.75) is 32.2 Å². The van der Waals surface area contributed by atoms with E-state index < -0.39 is 0 Å². The van der Waals surface area contributed by atoms with Crippen LogP contribution in [0.25, 0.3) is 0 Å². The first kappa shape index (κ1) is 14.8. The fourth-order valence-electron chi connectivity index (χ4n) is 3.42. The highest BCUT2D eigenvalue weighted by Crippen LogP contribution is 2.27. The third kappa shape index (κ3) is 3.20. The second-order valence-corrected chi connectivity index (χ2v) is 6.04. The van der Waals surface area contributed by atoms with Crippen LogP contribution in [0.15, 0.2) is 6.07 Å². The average Bonchev–Trinajstić information content (AvgIpc) is 2.54. The van der Waals surface area contributed by atoms with Gasteiger partial charge in [0.05, 0.1) is 6.61 Å². The Balaban J connectivity index is 1.78. The van der Waals surface area contributed by atoms with Crippen molar-refractivity contribution in [3.8, 4) is 0 Å². The first-order valence-electron chi connectivity index (χ1n) is 8.11. The minimum absolute atomic E-state index is 0.241. The number of nitrogens with zero attached hydrogens (tertiary/aromatic N) is 3. The van der Waals surface area contributed by atoms with Gasteiger partial charge in [-0.05, 0) is 37.3 Å². The highest BCUT2D eigenvalue weighted by molar-refractivity contribution is 5.51. The van der Waals surface area contributed by atoms with Crippen LogP contribution in [0, 0.1) is 0 Å². The number of aliphatic hydroxyl groups excluding tert-OH is 1. The van der Waals surface area contributed by atoms with Crippen molar-refractivity contribution in [1.82, 2.24) is 9.88 Å². The summed E-state index contributed by atoms with van der Waals surface area (Å²) in [5.41, 5.74) is 9.83. The molecule has 0 aromatic carbocycles. The number of hydrogen-bond donors (Lipinski definition) is 2. The maximum Gasteiger partial charge on any atom is 0.133 e. The van der Waals surface area contributed by atoms with E-state index in [1.54, 1.807) is 0 Å². The monoisotopic (exact) mass is 290 g/mol. The highest BCUT2D eigenvalue weighted by atomic mass is 16.3. The summed E-state index contributed by atoms with van der Waals surface area (Å²) in [6, 6.07) is 2.29. The van der Waals surface area contributed by atoms with Gasteiger partial charge in [0.15, 0.2) is 0 Å². The van der Waals surface area contributed by atoms with Crippen LogP contribution in [-0.2, 0) is 19.4 Å². The van der Waals surface area contributed by atoms with E-state index in [9.17, 15) is 0 Å². The van der Waals surface area contributed by atoms with E-state index in [-0.39, 0.29) is 6.61 Å². The molecule has 3 N–H and O–H groups in total. The minimum Gasteiger partial charge on any atom is -0.395 e. The summed E-state index contributed by atoms with van der Waals surface area (Å²) in [5, 5.41) is 9.03. The van der Waals surface area contributed by atoms with Gasteiger partial charge < -0.3 is 15.7 Å². The van der Waals surface area contributed by atoms with Crippen LogP contribution in [0.3, 0.4) is 0 Å². The molecule has 0 atom stereocenters. The molecular weight excluding hydrogens is 264 g/mol. The smallest absolute Gasteiger partial charge is 0.133 e. The first-order chi connectivity index (χ1) is 10.3. The SMILES string of the molecule is NCc1cc2c(nc1N1CCN(CCO)CC1)CCCC2. The molecule has 0 radical (unpaired) electrons. The van der Waals surface area contributed by atoms with E-state index in [1.807, 2.05) is 0 Å². The number of aromatic nitrogens is 1. The van der Waals surface area contributed by atoms with Gasteiger partial charge in [0.2, 0.25) is 0 Å². The first-order valence-corrected chi connectivity index (χ1v) is 8.11. The summed E-state index contributed by atoms with van der Waals surface area (Å²) in [4.78, 5) is 9.63. The fraction of sp³-hybridized carbons (Fsp3) is 0.688. The Morgan fingerprint density at radius 1 is 1.14 bits per heavy atom. The number of β-amino-alcohol motifs (C(OH)–C–C–N with tert-alkyl or cyclic N) is 1. The maximum atomic E-state index is 9.03. The van der Waals surface area contributed by atoms with Crippen LogP contribution in [0.1, 0.15) is 29.7 Å². The van der Waals surface area contributed by atoms with E-state index in [2.05, 4.69) is 15.9 Å². The van der Waals surface area contributed by atoms with Gasteiger partial charge in [-0.1, -0.05) is 0 Å². The highest BCUT2D eigenvalue weighted by Gasteiger charge is 2.22. The van der Waals surface area contributed by atoms with Crippen LogP contribution in [0.4, 0.5) is 5.82 Å². The molecule has 1 aromatic heterocycles. The second kappa shape index (κ2) is 6.73. The van der Waals surface area contributed by atoms with Crippen molar-refractivity contribution in [2.24, 2.45) is 5.73 Å². The zero-order valence-electron chi connectivity index (χ0n) is 12.7. The van der Waals surface area contributed by atoms with Crippen LogP contribution in [0.5, 0.6) is 0 Å². The van der Waals surface area contributed by atoms with Gasteiger partial charge in [-0.2, -0.15) is 0 Å². The molecule has 2 aliphatic rings. The number of piperazine rings is 1. The number of nitrogens with two attached hydrogens (primary N) is 1. The number of aryl methyl sites for hydroxylation is 2. The molecule has 2 heterocycles. The summed E-state index contributed by atoms with van der Waals surface area (Å²) >= 11 is 0. The molecule has 1 aliphatic carbocycles. The fourth-order valence-corrected chi connectivity index (χ4v) is 3.42. The molecular formula is C16H26N4O. The molecule has 3 rings (SSSR count). The third-order valence-electron chi connectivity index (χ3n) is 4.66. The average molecular weight is 290 g/mol. The van der Waals surface area contributed by atoms with Gasteiger partial charge in [-0.15, -0.1) is 0 Å². The predicted molar refractivity (Wildman–Crippen MR) is 84.5 cm³/mol. The molecule has 1 aromatic rings. The van der Waals surface area contributed by atoms with E-state index in [1.165, 1.54) is 29.7 Å². The Kier molecular flexibility index (Phi) is 4.73. The van der Waals surface area contributed by atoms with E-state index >= 15 is 0 Å². The van der Waals surface area contributed by atoms with Crippen molar-refractivity contribution < 1.29 is 5.11 Å². The molecule has 1 saturated heterocycles. The number of rotatable bonds is 4. The summed E-state index contributed by atoms with van der Waals surface area (Å²) in [6.07, 6.45) is 4.79. The van der Waals surface area contributed by atoms with Gasteiger partial charge in [0.25, 0.3) is 0 Å². The lowest BCUT2D eigenvalue weighted by Gasteiger charge is -2.36. The Hall–Kier alpha value is -1.17. The molecule has 0 spiro atoms. The minimum atomic E-state index is 0.241. The Morgan fingerprint density at radius 2 is 1.90 bits per heavy atom. The molecule has 5 nitrogen and oxygen atoms in total. The van der Waals surface area contributed by atoms with E-state index in [0.29, 0.717) is 6.54 Å². The molecule has 116 valence electrons. The molecule has 1 fully saturated rings. The predicted octanol–water partition coefficient (Wildman–Crippen LogP) is 0.533. The molecule has 0 amide bonds. The lowest BCUT2D eigenvalue weighted by molar-refractivity contribution is 0.188.